The van der Waals surface area contributed by atoms with Crippen molar-refractivity contribution in [3.05, 3.63) is 83.3 Å². The van der Waals surface area contributed by atoms with E-state index in [0.717, 1.165) is 78.6 Å². The molecule has 0 aliphatic carbocycles. The molecule has 330 valence electrons. The van der Waals surface area contributed by atoms with E-state index in [1.165, 1.54) is 0 Å². The van der Waals surface area contributed by atoms with Gasteiger partial charge in [-0.05, 0) is 81.6 Å². The molecule has 0 spiro atoms. The lowest BCUT2D eigenvalue weighted by molar-refractivity contribution is -0.139. The lowest BCUT2D eigenvalue weighted by atomic mass is 10.0. The SMILES string of the molecule is Cc1c(N2CCc3cnc(Nc4ccc(CC(=O)N5CCN(C6CN(c7ccc(OC8CCC(=O)NC8=O)cc7)C6)CC5)cc4)nc3C2)cnc2c1N(C(=O)OC(C)(C)C)CCO2. The first-order valence-electron chi connectivity index (χ1n) is 21.8. The van der Waals surface area contributed by atoms with Gasteiger partial charge in [-0.25, -0.2) is 19.7 Å². The molecule has 17 nitrogen and oxygen atoms in total. The summed E-state index contributed by atoms with van der Waals surface area (Å²) >= 11 is 0. The van der Waals surface area contributed by atoms with Crippen molar-refractivity contribution in [3.63, 3.8) is 0 Å². The normalized spacial score (nSPS) is 19.3. The van der Waals surface area contributed by atoms with Gasteiger partial charge in [-0.1, -0.05) is 12.1 Å². The Hall–Kier alpha value is -6.49. The Morgan fingerprint density at radius 3 is 2.40 bits per heavy atom. The third kappa shape index (κ3) is 9.33. The van der Waals surface area contributed by atoms with Crippen LogP contribution in [0.5, 0.6) is 11.6 Å². The van der Waals surface area contributed by atoms with Crippen LogP contribution in [0, 0.1) is 6.92 Å². The first-order chi connectivity index (χ1) is 30.3. The number of piperidine rings is 1. The summed E-state index contributed by atoms with van der Waals surface area (Å²) in [6, 6.07) is 16.0. The van der Waals surface area contributed by atoms with E-state index in [1.54, 1.807) is 4.90 Å². The topological polar surface area (TPSA) is 175 Å². The summed E-state index contributed by atoms with van der Waals surface area (Å²) < 4.78 is 17.4. The maximum atomic E-state index is 13.4. The number of nitrogens with one attached hydrogen (secondary N) is 2. The minimum atomic E-state index is -0.649. The van der Waals surface area contributed by atoms with Crippen molar-refractivity contribution in [1.82, 2.24) is 30.1 Å². The molecule has 63 heavy (non-hydrogen) atoms. The highest BCUT2D eigenvalue weighted by molar-refractivity contribution is 6.00. The fraction of sp³-hybridized carbons (Fsp3) is 0.457. The second-order valence-corrected chi connectivity index (χ2v) is 17.8. The first-order valence-corrected chi connectivity index (χ1v) is 21.8. The van der Waals surface area contributed by atoms with Crippen molar-refractivity contribution < 1.29 is 33.4 Å². The molecule has 17 heteroatoms. The zero-order chi connectivity index (χ0) is 43.8. The van der Waals surface area contributed by atoms with Gasteiger partial charge in [0.15, 0.2) is 6.10 Å². The molecular weight excluding hydrogens is 805 g/mol. The quantitative estimate of drug-likeness (QED) is 0.227. The molecule has 1 unspecified atom stereocenters. The third-order valence-electron chi connectivity index (χ3n) is 12.3. The highest BCUT2D eigenvalue weighted by atomic mass is 16.6. The molecular formula is C46H54N10O7. The molecule has 0 saturated carbocycles. The van der Waals surface area contributed by atoms with Crippen molar-refractivity contribution in [2.24, 2.45) is 0 Å². The largest absolute Gasteiger partial charge is 0.481 e. The first kappa shape index (κ1) is 41.8. The average Bonchev–Trinajstić information content (AvgIpc) is 3.25. The van der Waals surface area contributed by atoms with E-state index in [9.17, 15) is 19.2 Å². The molecule has 5 aliphatic rings. The molecule has 4 amide bonds. The van der Waals surface area contributed by atoms with Gasteiger partial charge >= 0.3 is 6.09 Å². The standard InChI is InChI=1S/C46H54N10O7/c1-29-37(25-47-43-41(29)56(21-22-61-43)45(60)63-46(2,3)4)54-16-15-31-24-48-44(50-36(31)28-54)49-32-7-5-30(6-8-32)23-40(58)53-19-17-52(18-20-53)34-26-55(27-34)33-9-11-35(12-10-33)62-38-13-14-39(57)51-42(38)59/h5-12,24-25,34,38H,13-23,26-28H2,1-4H3,(H,48,49,50)(H,51,57,59). The van der Waals surface area contributed by atoms with Gasteiger partial charge in [0.1, 0.15) is 23.6 Å². The van der Waals surface area contributed by atoms with Crippen LogP contribution in [-0.4, -0.2) is 125 Å². The Bertz CT molecular complexity index is 2370. The smallest absolute Gasteiger partial charge is 0.415 e. The summed E-state index contributed by atoms with van der Waals surface area (Å²) in [7, 11) is 0. The molecule has 1 atom stereocenters. The molecule has 4 aromatic rings. The van der Waals surface area contributed by atoms with Crippen molar-refractivity contribution in [1.29, 1.82) is 0 Å². The summed E-state index contributed by atoms with van der Waals surface area (Å²) in [6.45, 7) is 14.5. The monoisotopic (exact) mass is 858 g/mol. The van der Waals surface area contributed by atoms with Crippen LogP contribution >= 0.6 is 0 Å². The van der Waals surface area contributed by atoms with E-state index in [-0.39, 0.29) is 24.1 Å². The molecule has 9 rings (SSSR count). The maximum absolute atomic E-state index is 13.4. The molecule has 7 heterocycles. The number of carbonyl (C=O) groups excluding carboxylic acids is 4. The van der Waals surface area contributed by atoms with Crippen molar-refractivity contribution in [2.45, 2.75) is 77.7 Å². The number of rotatable bonds is 9. The molecule has 0 bridgehead atoms. The number of fused-ring (bicyclic) bond motifs is 2. The highest BCUT2D eigenvalue weighted by Crippen LogP contribution is 2.40. The number of pyridine rings is 1. The number of hydrogen-bond donors (Lipinski definition) is 2. The van der Waals surface area contributed by atoms with E-state index in [1.807, 2.05) is 93.5 Å². The predicted octanol–water partition coefficient (Wildman–Crippen LogP) is 4.38. The molecule has 3 saturated heterocycles. The third-order valence-corrected chi connectivity index (χ3v) is 12.3. The summed E-state index contributed by atoms with van der Waals surface area (Å²) in [5, 5.41) is 5.67. The van der Waals surface area contributed by atoms with E-state index >= 15 is 0 Å². The van der Waals surface area contributed by atoms with Crippen molar-refractivity contribution in [2.75, 3.05) is 79.0 Å². The van der Waals surface area contributed by atoms with E-state index in [4.69, 9.17) is 19.2 Å². The molecule has 2 aromatic carbocycles. The van der Waals surface area contributed by atoms with Crippen LogP contribution in [0.15, 0.2) is 60.9 Å². The zero-order valence-electron chi connectivity index (χ0n) is 36.3. The summed E-state index contributed by atoms with van der Waals surface area (Å²) in [5.74, 6) is 1.01. The van der Waals surface area contributed by atoms with Gasteiger partial charge in [-0.3, -0.25) is 29.5 Å². The summed E-state index contributed by atoms with van der Waals surface area (Å²) in [6.07, 6.45) is 4.39. The van der Waals surface area contributed by atoms with E-state index in [0.29, 0.717) is 74.9 Å². The second kappa shape index (κ2) is 17.3. The van der Waals surface area contributed by atoms with Crippen LogP contribution in [0.1, 0.15) is 56.0 Å². The number of carbonyl (C=O) groups is 4. The number of aromatic nitrogens is 3. The number of imide groups is 1. The molecule has 3 fully saturated rings. The number of piperazine rings is 1. The number of nitrogens with zero attached hydrogens (tertiary/aromatic N) is 8. The van der Waals surface area contributed by atoms with Crippen LogP contribution in [-0.2, 0) is 38.5 Å². The Labute approximate surface area is 366 Å². The van der Waals surface area contributed by atoms with Crippen LogP contribution in [0.2, 0.25) is 0 Å². The van der Waals surface area contributed by atoms with E-state index < -0.39 is 17.8 Å². The Balaban J connectivity index is 0.737. The fourth-order valence-electron chi connectivity index (χ4n) is 8.76. The van der Waals surface area contributed by atoms with Gasteiger partial charge in [-0.2, -0.15) is 0 Å². The number of benzene rings is 2. The van der Waals surface area contributed by atoms with Crippen LogP contribution in [0.3, 0.4) is 0 Å². The van der Waals surface area contributed by atoms with Gasteiger partial charge in [0, 0.05) is 87.8 Å². The van der Waals surface area contributed by atoms with Gasteiger partial charge in [0.25, 0.3) is 5.91 Å². The second-order valence-electron chi connectivity index (χ2n) is 17.8. The molecule has 0 radical (unpaired) electrons. The maximum Gasteiger partial charge on any atom is 0.415 e. The number of ether oxygens (including phenoxy) is 3. The number of amides is 4. The van der Waals surface area contributed by atoms with Crippen molar-refractivity contribution >= 4 is 52.5 Å². The van der Waals surface area contributed by atoms with Crippen molar-refractivity contribution in [3.8, 4) is 11.6 Å². The predicted molar refractivity (Wildman–Crippen MR) is 236 cm³/mol. The molecule has 2 N–H and O–H groups in total. The van der Waals surface area contributed by atoms with Gasteiger partial charge in [0.2, 0.25) is 23.6 Å². The minimum Gasteiger partial charge on any atom is -0.481 e. The minimum absolute atomic E-state index is 0.127. The summed E-state index contributed by atoms with van der Waals surface area (Å²) in [5.41, 5.74) is 6.69. The average molecular weight is 859 g/mol. The molecule has 2 aromatic heterocycles. The number of anilines is 5. The molecule has 5 aliphatic heterocycles. The number of hydrogen-bond acceptors (Lipinski definition) is 14. The van der Waals surface area contributed by atoms with Crippen LogP contribution in [0.25, 0.3) is 0 Å². The van der Waals surface area contributed by atoms with Gasteiger partial charge in [-0.15, -0.1) is 0 Å². The van der Waals surface area contributed by atoms with Crippen LogP contribution < -0.4 is 34.8 Å². The van der Waals surface area contributed by atoms with Crippen LogP contribution in [0.4, 0.5) is 33.5 Å². The van der Waals surface area contributed by atoms with Gasteiger partial charge < -0.3 is 34.2 Å². The summed E-state index contributed by atoms with van der Waals surface area (Å²) in [4.78, 5) is 74.7. The Morgan fingerprint density at radius 1 is 0.905 bits per heavy atom. The Kier molecular flexibility index (Phi) is 11.5. The van der Waals surface area contributed by atoms with E-state index in [2.05, 4.69) is 35.3 Å². The lowest BCUT2D eigenvalue weighted by Gasteiger charge is -2.49. The zero-order valence-corrected chi connectivity index (χ0v) is 36.3. The lowest BCUT2D eigenvalue weighted by Crippen LogP contribution is -2.63. The highest BCUT2D eigenvalue weighted by Gasteiger charge is 2.36. The fourth-order valence-corrected chi connectivity index (χ4v) is 8.76. The van der Waals surface area contributed by atoms with Gasteiger partial charge in [0.05, 0.1) is 37.1 Å². The Morgan fingerprint density at radius 2 is 1.67 bits per heavy atom.